The summed E-state index contributed by atoms with van der Waals surface area (Å²) in [4.78, 5) is 6.90. The molecule has 1 aliphatic rings. The third-order valence-corrected chi connectivity index (χ3v) is 6.91. The number of hydrogen-bond acceptors (Lipinski definition) is 5. The summed E-state index contributed by atoms with van der Waals surface area (Å²) < 4.78 is 8.14. The van der Waals surface area contributed by atoms with Crippen LogP contribution < -0.4 is 10.5 Å². The lowest BCUT2D eigenvalue weighted by molar-refractivity contribution is 0.175. The molecule has 2 aromatic heterocycles. The number of hydrogen-bond donors (Lipinski definition) is 1. The van der Waals surface area contributed by atoms with E-state index in [4.69, 9.17) is 15.6 Å². The molecule has 0 spiro atoms. The number of rotatable bonds is 6. The number of ether oxygens (including phenoxy) is 1. The lowest BCUT2D eigenvalue weighted by atomic mass is 10.0. The second-order valence-electron chi connectivity index (χ2n) is 9.32. The number of nitrogens with two attached hydrogens (primary N) is 1. The maximum Gasteiger partial charge on any atom is 0.135 e. The minimum atomic E-state index is 0.329. The first kappa shape index (κ1) is 22.3. The number of benzene rings is 3. The zero-order valence-electron chi connectivity index (χ0n) is 20.1. The van der Waals surface area contributed by atoms with Crippen molar-refractivity contribution in [1.29, 1.82) is 0 Å². The summed E-state index contributed by atoms with van der Waals surface area (Å²) in [6.07, 6.45) is 3.88. The van der Waals surface area contributed by atoms with E-state index in [9.17, 15) is 0 Å². The Labute approximate surface area is 211 Å². The molecule has 6 heteroatoms. The van der Waals surface area contributed by atoms with Gasteiger partial charge in [0.2, 0.25) is 0 Å². The SMILES string of the molecule is Nc1nccc2c1c(-c1ccc(Oc3ccccc3)cc1)nn2C1CCN(Cc2ccccc2)CC1. The highest BCUT2D eigenvalue weighted by atomic mass is 16.5. The number of aromatic nitrogens is 3. The Morgan fingerprint density at radius 1 is 0.806 bits per heavy atom. The highest BCUT2D eigenvalue weighted by Gasteiger charge is 2.25. The van der Waals surface area contributed by atoms with Crippen molar-refractivity contribution < 1.29 is 4.74 Å². The van der Waals surface area contributed by atoms with Gasteiger partial charge in [0.15, 0.2) is 0 Å². The molecule has 3 aromatic carbocycles. The molecule has 36 heavy (non-hydrogen) atoms. The van der Waals surface area contributed by atoms with E-state index in [0.29, 0.717) is 11.9 Å². The van der Waals surface area contributed by atoms with Crippen molar-refractivity contribution in [1.82, 2.24) is 19.7 Å². The fourth-order valence-electron chi connectivity index (χ4n) is 5.06. The highest BCUT2D eigenvalue weighted by Crippen LogP contribution is 2.36. The van der Waals surface area contributed by atoms with Crippen molar-refractivity contribution in [2.45, 2.75) is 25.4 Å². The average molecular weight is 476 g/mol. The summed E-state index contributed by atoms with van der Waals surface area (Å²) in [7, 11) is 0. The second-order valence-corrected chi connectivity index (χ2v) is 9.32. The monoisotopic (exact) mass is 475 g/mol. The normalized spacial score (nSPS) is 14.8. The molecule has 1 fully saturated rings. The quantitative estimate of drug-likeness (QED) is 0.312. The molecule has 0 amide bonds. The Balaban J connectivity index is 1.24. The lowest BCUT2D eigenvalue weighted by Gasteiger charge is -2.32. The average Bonchev–Trinajstić information content (AvgIpc) is 3.32. The zero-order valence-corrected chi connectivity index (χ0v) is 20.1. The van der Waals surface area contributed by atoms with Gasteiger partial charge in [-0.3, -0.25) is 9.58 Å². The lowest BCUT2D eigenvalue weighted by Crippen LogP contribution is -2.34. The van der Waals surface area contributed by atoms with E-state index in [1.807, 2.05) is 60.7 Å². The smallest absolute Gasteiger partial charge is 0.135 e. The van der Waals surface area contributed by atoms with Gasteiger partial charge in [0.1, 0.15) is 23.0 Å². The van der Waals surface area contributed by atoms with Crippen molar-refractivity contribution in [2.75, 3.05) is 18.8 Å². The molecule has 1 saturated heterocycles. The molecule has 180 valence electrons. The molecule has 2 N–H and O–H groups in total. The molecule has 5 aromatic rings. The minimum Gasteiger partial charge on any atom is -0.457 e. The van der Waals surface area contributed by atoms with Crippen molar-refractivity contribution in [3.05, 3.63) is 103 Å². The Kier molecular flexibility index (Phi) is 6.10. The number of nitrogen functional groups attached to an aromatic ring is 1. The molecule has 3 heterocycles. The van der Waals surface area contributed by atoms with Crippen LogP contribution in [0.1, 0.15) is 24.4 Å². The van der Waals surface area contributed by atoms with E-state index >= 15 is 0 Å². The van der Waals surface area contributed by atoms with Crippen LogP contribution in [0.25, 0.3) is 22.2 Å². The summed E-state index contributed by atoms with van der Waals surface area (Å²) in [6, 6.07) is 30.9. The number of piperidine rings is 1. The summed E-state index contributed by atoms with van der Waals surface area (Å²) in [5, 5.41) is 6.02. The zero-order chi connectivity index (χ0) is 24.3. The molecule has 6 nitrogen and oxygen atoms in total. The summed E-state index contributed by atoms with van der Waals surface area (Å²) >= 11 is 0. The molecule has 6 rings (SSSR count). The van der Waals surface area contributed by atoms with Crippen LogP contribution in [0.2, 0.25) is 0 Å². The molecule has 0 atom stereocenters. The molecular formula is C30H29N5O. The summed E-state index contributed by atoms with van der Waals surface area (Å²) in [5.41, 5.74) is 10.7. The minimum absolute atomic E-state index is 0.329. The number of anilines is 1. The fraction of sp³-hybridized carbons (Fsp3) is 0.200. The predicted octanol–water partition coefficient (Wildman–Crippen LogP) is 6.31. The Morgan fingerprint density at radius 2 is 1.47 bits per heavy atom. The number of nitrogens with zero attached hydrogens (tertiary/aromatic N) is 4. The van der Waals surface area contributed by atoms with E-state index in [2.05, 4.69) is 44.9 Å². The van der Waals surface area contributed by atoms with Gasteiger partial charge in [-0.25, -0.2) is 4.98 Å². The Bertz CT molecular complexity index is 1440. The first-order valence-corrected chi connectivity index (χ1v) is 12.5. The van der Waals surface area contributed by atoms with Gasteiger partial charge in [0.25, 0.3) is 0 Å². The molecular weight excluding hydrogens is 446 g/mol. The van der Waals surface area contributed by atoms with Crippen LogP contribution >= 0.6 is 0 Å². The van der Waals surface area contributed by atoms with Crippen LogP contribution in [0.4, 0.5) is 5.82 Å². The fourth-order valence-corrected chi connectivity index (χ4v) is 5.06. The third kappa shape index (κ3) is 4.55. The van der Waals surface area contributed by atoms with Gasteiger partial charge in [0, 0.05) is 31.4 Å². The van der Waals surface area contributed by atoms with Gasteiger partial charge in [-0.2, -0.15) is 5.10 Å². The second kappa shape index (κ2) is 9.84. The van der Waals surface area contributed by atoms with Crippen LogP contribution in [0, 0.1) is 0 Å². The maximum atomic E-state index is 6.38. The van der Waals surface area contributed by atoms with Gasteiger partial charge in [-0.05, 0) is 60.9 Å². The predicted molar refractivity (Wildman–Crippen MR) is 144 cm³/mol. The van der Waals surface area contributed by atoms with Gasteiger partial charge in [0.05, 0.1) is 16.9 Å². The van der Waals surface area contributed by atoms with Crippen LogP contribution in [0.5, 0.6) is 11.5 Å². The van der Waals surface area contributed by atoms with Crippen LogP contribution in [0.15, 0.2) is 97.2 Å². The van der Waals surface area contributed by atoms with Gasteiger partial charge >= 0.3 is 0 Å². The van der Waals surface area contributed by atoms with Gasteiger partial charge < -0.3 is 10.5 Å². The summed E-state index contributed by atoms with van der Waals surface area (Å²) in [6.45, 7) is 3.08. The van der Waals surface area contributed by atoms with Gasteiger partial charge in [-0.15, -0.1) is 0 Å². The van der Waals surface area contributed by atoms with Crippen LogP contribution in [-0.2, 0) is 6.54 Å². The van der Waals surface area contributed by atoms with E-state index in [1.54, 1.807) is 6.20 Å². The van der Waals surface area contributed by atoms with Crippen molar-refractivity contribution in [3.8, 4) is 22.8 Å². The topological polar surface area (TPSA) is 69.2 Å². The number of likely N-dealkylation sites (tertiary alicyclic amines) is 1. The molecule has 1 aliphatic heterocycles. The first-order valence-electron chi connectivity index (χ1n) is 12.5. The molecule has 0 radical (unpaired) electrons. The van der Waals surface area contributed by atoms with Gasteiger partial charge in [-0.1, -0.05) is 48.5 Å². The van der Waals surface area contributed by atoms with Crippen molar-refractivity contribution >= 4 is 16.7 Å². The first-order chi connectivity index (χ1) is 17.7. The van der Waals surface area contributed by atoms with Crippen LogP contribution in [0.3, 0.4) is 0 Å². The summed E-state index contributed by atoms with van der Waals surface area (Å²) in [5.74, 6) is 2.11. The van der Waals surface area contributed by atoms with Crippen molar-refractivity contribution in [2.24, 2.45) is 0 Å². The number of pyridine rings is 1. The number of fused-ring (bicyclic) bond motifs is 1. The van der Waals surface area contributed by atoms with Crippen LogP contribution in [-0.4, -0.2) is 32.8 Å². The van der Waals surface area contributed by atoms with Crippen molar-refractivity contribution in [3.63, 3.8) is 0 Å². The molecule has 0 unspecified atom stereocenters. The molecule has 0 bridgehead atoms. The Morgan fingerprint density at radius 3 is 2.19 bits per heavy atom. The van der Waals surface area contributed by atoms with E-state index in [0.717, 1.165) is 66.1 Å². The highest BCUT2D eigenvalue weighted by molar-refractivity contribution is 6.00. The maximum absolute atomic E-state index is 6.38. The Hall–Kier alpha value is -4.16. The third-order valence-electron chi connectivity index (χ3n) is 6.91. The number of para-hydroxylation sites is 1. The van der Waals surface area contributed by atoms with E-state index < -0.39 is 0 Å². The largest absolute Gasteiger partial charge is 0.457 e. The molecule has 0 aliphatic carbocycles. The van der Waals surface area contributed by atoms with E-state index in [-0.39, 0.29) is 0 Å². The van der Waals surface area contributed by atoms with E-state index in [1.165, 1.54) is 5.56 Å². The standard InChI is InChI=1S/C30H29N5O/c31-30-28-27(15-18-32-30)35(24-16-19-34(20-17-24)21-22-7-3-1-4-8-22)33-29(28)23-11-13-26(14-12-23)36-25-9-5-2-6-10-25/h1-15,18,24H,16-17,19-21H2,(H2,31,32). The molecule has 0 saturated carbocycles.